The maximum atomic E-state index is 12.3. The molecule has 3 aromatic rings. The third-order valence-electron chi connectivity index (χ3n) is 3.79. The van der Waals surface area contributed by atoms with Gasteiger partial charge in [-0.15, -0.1) is 0 Å². The van der Waals surface area contributed by atoms with Crippen LogP contribution in [-0.2, 0) is 11.3 Å². The van der Waals surface area contributed by atoms with Gasteiger partial charge < -0.3 is 4.74 Å². The Morgan fingerprint density at radius 3 is 2.88 bits per heavy atom. The topological polar surface area (TPSA) is 111 Å². The smallest absolute Gasteiger partial charge is 0.340 e. The van der Waals surface area contributed by atoms with E-state index in [2.05, 4.69) is 15.2 Å². The summed E-state index contributed by atoms with van der Waals surface area (Å²) in [5, 5.41) is 18.6. The lowest BCUT2D eigenvalue weighted by atomic mass is 10.1. The maximum Gasteiger partial charge on any atom is 0.340 e. The van der Waals surface area contributed by atoms with Gasteiger partial charge in [-0.05, 0) is 19.9 Å². The number of para-hydroxylation sites is 1. The molecule has 0 spiro atoms. The summed E-state index contributed by atoms with van der Waals surface area (Å²) in [5.41, 5.74) is 2.15. The van der Waals surface area contributed by atoms with E-state index in [4.69, 9.17) is 4.74 Å². The van der Waals surface area contributed by atoms with Crippen molar-refractivity contribution in [2.24, 2.45) is 0 Å². The van der Waals surface area contributed by atoms with Crippen molar-refractivity contribution in [2.45, 2.75) is 20.5 Å². The number of fused-ring (bicyclic) bond motifs is 1. The number of aromatic nitrogens is 3. The van der Waals surface area contributed by atoms with E-state index in [9.17, 15) is 14.9 Å². The number of rotatable bonds is 4. The fourth-order valence-corrected chi connectivity index (χ4v) is 2.54. The number of carbonyl (C=O) groups is 1. The van der Waals surface area contributed by atoms with Crippen molar-refractivity contribution in [2.75, 3.05) is 0 Å². The molecule has 0 aliphatic heterocycles. The Hall–Kier alpha value is -3.29. The molecule has 122 valence electrons. The number of nitrogens with one attached hydrogen (secondary N) is 1. The Balaban J connectivity index is 1.84. The Morgan fingerprint density at radius 2 is 2.12 bits per heavy atom. The molecule has 2 aromatic heterocycles. The van der Waals surface area contributed by atoms with Crippen LogP contribution in [0.25, 0.3) is 10.9 Å². The molecule has 0 bridgehead atoms. The number of H-pyrrole nitrogens is 1. The van der Waals surface area contributed by atoms with Crippen LogP contribution < -0.4 is 0 Å². The lowest BCUT2D eigenvalue weighted by molar-refractivity contribution is -0.386. The molecule has 3 rings (SSSR count). The molecule has 0 aliphatic rings. The highest BCUT2D eigenvalue weighted by molar-refractivity contribution is 6.02. The highest BCUT2D eigenvalue weighted by Crippen LogP contribution is 2.25. The van der Waals surface area contributed by atoms with E-state index in [1.807, 2.05) is 6.07 Å². The van der Waals surface area contributed by atoms with Gasteiger partial charge in [-0.2, -0.15) is 5.10 Å². The number of hydrogen-bond acceptors (Lipinski definition) is 6. The van der Waals surface area contributed by atoms with Crippen molar-refractivity contribution in [3.05, 3.63) is 63.1 Å². The van der Waals surface area contributed by atoms with Gasteiger partial charge in [0.05, 0.1) is 33.5 Å². The van der Waals surface area contributed by atoms with Crippen molar-refractivity contribution >= 4 is 22.6 Å². The minimum atomic E-state index is -0.547. The molecule has 8 heteroatoms. The summed E-state index contributed by atoms with van der Waals surface area (Å²) in [5.74, 6) is -0.547. The number of ether oxygens (including phenoxy) is 1. The van der Waals surface area contributed by atoms with Crippen LogP contribution in [0.1, 0.15) is 27.2 Å². The Bertz CT molecular complexity index is 948. The quantitative estimate of drug-likeness (QED) is 0.448. The molecule has 0 radical (unpaired) electrons. The minimum absolute atomic E-state index is 0.00767. The molecule has 0 atom stereocenters. The Labute approximate surface area is 136 Å². The molecule has 8 nitrogen and oxygen atoms in total. The van der Waals surface area contributed by atoms with Gasteiger partial charge in [-0.1, -0.05) is 12.1 Å². The van der Waals surface area contributed by atoms with E-state index in [-0.39, 0.29) is 12.3 Å². The zero-order chi connectivity index (χ0) is 17.3. The molecule has 24 heavy (non-hydrogen) atoms. The first-order valence-electron chi connectivity index (χ1n) is 7.17. The van der Waals surface area contributed by atoms with E-state index in [0.717, 1.165) is 5.39 Å². The van der Waals surface area contributed by atoms with Crippen LogP contribution in [0, 0.1) is 24.0 Å². The molecular weight excluding hydrogens is 312 g/mol. The van der Waals surface area contributed by atoms with Crippen molar-refractivity contribution in [1.29, 1.82) is 0 Å². The molecule has 1 N–H and O–H groups in total. The summed E-state index contributed by atoms with van der Waals surface area (Å²) < 4.78 is 5.28. The Morgan fingerprint density at radius 1 is 1.33 bits per heavy atom. The third kappa shape index (κ3) is 2.69. The standard InChI is InChI=1S/C16H14N4O4/c1-9-6-17-13(10(2)15(9)20(22)23)8-24-16(21)12-5-3-4-11-7-18-19-14(11)12/h3-7H,8H2,1-2H3,(H,18,19). The van der Waals surface area contributed by atoms with Crippen LogP contribution in [0.15, 0.2) is 30.6 Å². The van der Waals surface area contributed by atoms with Gasteiger partial charge in [0.1, 0.15) is 6.61 Å². The minimum Gasteiger partial charge on any atom is -0.456 e. The van der Waals surface area contributed by atoms with Gasteiger partial charge in [0.25, 0.3) is 5.69 Å². The van der Waals surface area contributed by atoms with Gasteiger partial charge in [0.2, 0.25) is 0 Å². The lowest BCUT2D eigenvalue weighted by Gasteiger charge is -2.09. The average Bonchev–Trinajstić information content (AvgIpc) is 3.02. The van der Waals surface area contributed by atoms with E-state index >= 15 is 0 Å². The summed E-state index contributed by atoms with van der Waals surface area (Å²) >= 11 is 0. The number of nitro groups is 1. The summed E-state index contributed by atoms with van der Waals surface area (Å²) in [4.78, 5) is 27.1. The van der Waals surface area contributed by atoms with Gasteiger partial charge >= 0.3 is 5.97 Å². The molecule has 0 fully saturated rings. The van der Waals surface area contributed by atoms with Gasteiger partial charge in [0, 0.05) is 17.1 Å². The monoisotopic (exact) mass is 326 g/mol. The van der Waals surface area contributed by atoms with E-state index < -0.39 is 10.9 Å². The maximum absolute atomic E-state index is 12.3. The van der Waals surface area contributed by atoms with Crippen molar-refractivity contribution in [3.63, 3.8) is 0 Å². The zero-order valence-electron chi connectivity index (χ0n) is 13.1. The number of nitrogens with zero attached hydrogens (tertiary/aromatic N) is 3. The molecule has 0 saturated carbocycles. The largest absolute Gasteiger partial charge is 0.456 e. The number of benzene rings is 1. The number of hydrogen-bond donors (Lipinski definition) is 1. The lowest BCUT2D eigenvalue weighted by Crippen LogP contribution is -2.09. The number of esters is 1. The number of aryl methyl sites for hydroxylation is 1. The third-order valence-corrected chi connectivity index (χ3v) is 3.79. The van der Waals surface area contributed by atoms with E-state index in [1.165, 1.54) is 6.20 Å². The average molecular weight is 326 g/mol. The van der Waals surface area contributed by atoms with Crippen LogP contribution in [0.4, 0.5) is 5.69 Å². The zero-order valence-corrected chi connectivity index (χ0v) is 13.1. The predicted octanol–water partition coefficient (Wildman–Crippen LogP) is 2.84. The van der Waals surface area contributed by atoms with Crippen molar-refractivity contribution in [1.82, 2.24) is 15.2 Å². The Kier molecular flexibility index (Phi) is 3.95. The summed E-state index contributed by atoms with van der Waals surface area (Å²) in [7, 11) is 0. The summed E-state index contributed by atoms with van der Waals surface area (Å²) in [6, 6.07) is 5.18. The molecule has 1 aromatic carbocycles. The first kappa shape index (κ1) is 15.6. The van der Waals surface area contributed by atoms with Gasteiger partial charge in [-0.25, -0.2) is 4.79 Å². The van der Waals surface area contributed by atoms with Crippen LogP contribution >= 0.6 is 0 Å². The molecular formula is C16H14N4O4. The summed E-state index contributed by atoms with van der Waals surface area (Å²) in [6.45, 7) is 3.07. The highest BCUT2D eigenvalue weighted by atomic mass is 16.6. The highest BCUT2D eigenvalue weighted by Gasteiger charge is 2.20. The number of carbonyl (C=O) groups excluding carboxylic acids is 1. The predicted molar refractivity (Wildman–Crippen MR) is 85.6 cm³/mol. The van der Waals surface area contributed by atoms with E-state index in [1.54, 1.807) is 32.2 Å². The number of pyridine rings is 1. The van der Waals surface area contributed by atoms with Gasteiger partial charge in [-0.3, -0.25) is 20.2 Å². The van der Waals surface area contributed by atoms with Crippen LogP contribution in [0.5, 0.6) is 0 Å². The van der Waals surface area contributed by atoms with Crippen molar-refractivity contribution < 1.29 is 14.5 Å². The van der Waals surface area contributed by atoms with Gasteiger partial charge in [0.15, 0.2) is 0 Å². The number of aromatic amines is 1. The fraction of sp³-hybridized carbons (Fsp3) is 0.188. The first-order chi connectivity index (χ1) is 11.5. The van der Waals surface area contributed by atoms with Crippen LogP contribution in [-0.4, -0.2) is 26.1 Å². The first-order valence-corrected chi connectivity index (χ1v) is 7.17. The second-order valence-electron chi connectivity index (χ2n) is 5.33. The normalized spacial score (nSPS) is 10.8. The second kappa shape index (κ2) is 6.07. The SMILES string of the molecule is Cc1cnc(COC(=O)c2cccc3cn[nH]c23)c(C)c1[N+](=O)[O-]. The van der Waals surface area contributed by atoms with Crippen LogP contribution in [0.2, 0.25) is 0 Å². The molecule has 0 amide bonds. The molecule has 2 heterocycles. The van der Waals surface area contributed by atoms with E-state index in [0.29, 0.717) is 27.9 Å². The molecule has 0 unspecified atom stereocenters. The van der Waals surface area contributed by atoms with Crippen LogP contribution in [0.3, 0.4) is 0 Å². The molecule has 0 saturated heterocycles. The van der Waals surface area contributed by atoms with Crippen molar-refractivity contribution in [3.8, 4) is 0 Å². The second-order valence-corrected chi connectivity index (χ2v) is 5.33. The molecule has 0 aliphatic carbocycles. The fourth-order valence-electron chi connectivity index (χ4n) is 2.54. The summed E-state index contributed by atoms with van der Waals surface area (Å²) in [6.07, 6.45) is 3.02.